The zero-order valence-corrected chi connectivity index (χ0v) is 39.1. The molecule has 29 atom stereocenters. The van der Waals surface area contributed by atoms with E-state index in [9.17, 15) is 107 Å². The predicted octanol–water partition coefficient (Wildman–Crippen LogP) is -12.1. The lowest BCUT2D eigenvalue weighted by molar-refractivity contribution is -0.394. The maximum atomic E-state index is 13.8. The lowest BCUT2D eigenvalue weighted by atomic mass is 9.95. The van der Waals surface area contributed by atoms with E-state index in [-0.39, 0.29) is 16.9 Å². The fraction of sp³-hybridized carbons (Fsp3) is 0.833. The van der Waals surface area contributed by atoms with Gasteiger partial charge in [0.25, 0.3) is 0 Å². The number of aliphatic hydroxyl groups excluding tert-OH is 20. The van der Waals surface area contributed by atoms with Crippen LogP contribution in [0.25, 0.3) is 11.0 Å². The summed E-state index contributed by atoms with van der Waals surface area (Å²) >= 11 is 0. The zero-order valence-electron chi connectivity index (χ0n) is 39.1. The van der Waals surface area contributed by atoms with Gasteiger partial charge in [0.05, 0.1) is 50.7 Å². The summed E-state index contributed by atoms with van der Waals surface area (Å²) in [6.45, 7) is -6.05. The first-order chi connectivity index (χ1) is 35.6. The van der Waals surface area contributed by atoms with E-state index in [4.69, 9.17) is 47.4 Å². The molecule has 5 fully saturated rings. The Balaban J connectivity index is 0.965. The average Bonchev–Trinajstić information content (AvgIpc) is 3.83. The van der Waals surface area contributed by atoms with Gasteiger partial charge in [-0.25, -0.2) is 9.37 Å². The van der Waals surface area contributed by atoms with Crippen LogP contribution in [0.1, 0.15) is 11.9 Å². The molecule has 7 rings (SSSR count). The van der Waals surface area contributed by atoms with Gasteiger partial charge in [-0.1, -0.05) is 0 Å². The molecule has 0 radical (unpaired) electrons. The average molecular weight is 1100 g/mol. The van der Waals surface area contributed by atoms with Gasteiger partial charge < -0.3 is 154 Å². The first-order valence-corrected chi connectivity index (χ1v) is 23.5. The van der Waals surface area contributed by atoms with Gasteiger partial charge in [0.2, 0.25) is 0 Å². The van der Waals surface area contributed by atoms with E-state index in [1.54, 1.807) is 0 Å². The van der Waals surface area contributed by atoms with Crippen molar-refractivity contribution in [2.45, 2.75) is 178 Å². The number of hydrogen-bond donors (Lipinski definition) is 21. The number of halogens is 1. The van der Waals surface area contributed by atoms with Crippen LogP contribution in [0.3, 0.4) is 0 Å². The number of aliphatic hydroxyl groups is 20. The van der Waals surface area contributed by atoms with Crippen LogP contribution >= 0.6 is 0 Å². The number of nitrogens with zero attached hydrogens (tertiary/aromatic N) is 1. The van der Waals surface area contributed by atoms with E-state index >= 15 is 0 Å². The minimum Gasteiger partial charge on any atom is -0.394 e. The summed E-state index contributed by atoms with van der Waals surface area (Å²) in [5.74, 6) is -0.987. The number of aromatic nitrogens is 2. The number of H-pyrrole nitrogens is 1. The summed E-state index contributed by atoms with van der Waals surface area (Å²) < 4.78 is 69.5. The Bertz CT molecular complexity index is 2080. The van der Waals surface area contributed by atoms with Crippen LogP contribution in [-0.4, -0.2) is 324 Å². The third-order valence-corrected chi connectivity index (χ3v) is 13.6. The standard InChI is InChI=1S/C42H65FN2O30/c43-10-1-2-11-12(3-10)45-37(44-11)26(60)21(55)32(13(52)4-46)71-39-28(62)22(56)34(15(6-48)67-39)73-41-30(64)24(58)36(17(8-50)69-41)75-42-31(65)25(59)35(18(9-51)70-42)74-40-29(63)23(57)33(16(7-49)68-40)72-38-27(61)20(54)19(53)14(5-47)66-38/h1-3,13-36,38-42,46-65H,4-9H2,(H,44,45)/t13?,14?,15?,16?,17?,18?,19-,20?,21-,22?,23?,24?,25?,26?,27+,28+,29+,30+,31+,32-,33-,34-,35-,36-,38-,39-,40-,41-,42-/m1/s1. The molecule has 6 heterocycles. The van der Waals surface area contributed by atoms with E-state index in [0.717, 1.165) is 12.1 Å². The number of imidazole rings is 1. The van der Waals surface area contributed by atoms with Crippen molar-refractivity contribution < 1.29 is 154 Å². The summed E-state index contributed by atoms with van der Waals surface area (Å²) in [5, 5.41) is 213. The Kier molecular flexibility index (Phi) is 20.6. The summed E-state index contributed by atoms with van der Waals surface area (Å²) in [4.78, 5) is 6.66. The van der Waals surface area contributed by atoms with Gasteiger partial charge in [0, 0.05) is 0 Å². The van der Waals surface area contributed by atoms with Crippen LogP contribution in [0.2, 0.25) is 0 Å². The third-order valence-electron chi connectivity index (χ3n) is 13.6. The molecule has 1 aromatic heterocycles. The number of ether oxygens (including phenoxy) is 10. The zero-order chi connectivity index (χ0) is 54.9. The van der Waals surface area contributed by atoms with Crippen LogP contribution < -0.4 is 0 Å². The second-order valence-electron chi connectivity index (χ2n) is 18.5. The first kappa shape index (κ1) is 60.1. The van der Waals surface area contributed by atoms with Gasteiger partial charge in [-0.3, -0.25) is 0 Å². The molecule has 0 aliphatic carbocycles. The van der Waals surface area contributed by atoms with E-state index in [1.807, 2.05) is 0 Å². The van der Waals surface area contributed by atoms with Crippen molar-refractivity contribution >= 4 is 11.0 Å². The highest BCUT2D eigenvalue weighted by Crippen LogP contribution is 2.36. The summed E-state index contributed by atoms with van der Waals surface area (Å²) in [5.41, 5.74) is 0.291. The van der Waals surface area contributed by atoms with E-state index < -0.39 is 223 Å². The van der Waals surface area contributed by atoms with Crippen LogP contribution in [0.15, 0.2) is 18.2 Å². The second kappa shape index (κ2) is 25.7. The molecule has 2 aromatic rings. The molecule has 1 aromatic carbocycles. The summed E-state index contributed by atoms with van der Waals surface area (Å²) in [6.07, 6.45) is -56.9. The van der Waals surface area contributed by atoms with Crippen molar-refractivity contribution in [3.8, 4) is 0 Å². The van der Waals surface area contributed by atoms with Gasteiger partial charge >= 0.3 is 0 Å². The molecule has 21 N–H and O–H groups in total. The number of aromatic amines is 1. The Morgan fingerprint density at radius 3 is 1.23 bits per heavy atom. The molecule has 5 aliphatic heterocycles. The number of rotatable bonds is 20. The third kappa shape index (κ3) is 12.4. The highest BCUT2D eigenvalue weighted by molar-refractivity contribution is 5.75. The smallest absolute Gasteiger partial charge is 0.187 e. The molecular weight excluding hydrogens is 1030 g/mol. The van der Waals surface area contributed by atoms with Gasteiger partial charge in [-0.2, -0.15) is 0 Å². The van der Waals surface area contributed by atoms with E-state index in [2.05, 4.69) is 9.97 Å². The highest BCUT2D eigenvalue weighted by atomic mass is 19.1. The van der Waals surface area contributed by atoms with Crippen molar-refractivity contribution in [2.24, 2.45) is 0 Å². The molecule has 5 aliphatic rings. The van der Waals surface area contributed by atoms with Gasteiger partial charge in [0.1, 0.15) is 158 Å². The molecule has 430 valence electrons. The molecule has 0 saturated carbocycles. The number of nitrogens with one attached hydrogen (secondary N) is 1. The van der Waals surface area contributed by atoms with E-state index in [1.165, 1.54) is 6.07 Å². The predicted molar refractivity (Wildman–Crippen MR) is 229 cm³/mol. The van der Waals surface area contributed by atoms with Gasteiger partial charge in [0.15, 0.2) is 31.5 Å². The van der Waals surface area contributed by atoms with Crippen LogP contribution in [0.4, 0.5) is 4.39 Å². The maximum Gasteiger partial charge on any atom is 0.187 e. The van der Waals surface area contributed by atoms with E-state index in [0.29, 0.717) is 0 Å². The molecule has 0 amide bonds. The van der Waals surface area contributed by atoms with Crippen molar-refractivity contribution in [3.63, 3.8) is 0 Å². The topological polar surface area (TPSA) is 526 Å². The molecular formula is C42H65FN2O30. The largest absolute Gasteiger partial charge is 0.394 e. The fourth-order valence-electron chi connectivity index (χ4n) is 9.27. The number of benzene rings is 1. The summed E-state index contributed by atoms with van der Waals surface area (Å²) in [6, 6.07) is 3.40. The second-order valence-corrected chi connectivity index (χ2v) is 18.5. The first-order valence-electron chi connectivity index (χ1n) is 23.5. The van der Waals surface area contributed by atoms with Crippen LogP contribution in [0.5, 0.6) is 0 Å². The molecule has 75 heavy (non-hydrogen) atoms. The molecule has 0 spiro atoms. The minimum atomic E-state index is -2.22. The molecule has 32 nitrogen and oxygen atoms in total. The lowest BCUT2D eigenvalue weighted by Crippen LogP contribution is -2.68. The Hall–Kier alpha value is -2.58. The van der Waals surface area contributed by atoms with Crippen molar-refractivity contribution in [1.82, 2.24) is 9.97 Å². The van der Waals surface area contributed by atoms with Gasteiger partial charge in [-0.15, -0.1) is 0 Å². The fourth-order valence-corrected chi connectivity index (χ4v) is 9.27. The normalized spacial score (nSPS) is 44.6. The maximum absolute atomic E-state index is 13.8. The number of fused-ring (bicyclic) bond motifs is 1. The monoisotopic (exact) mass is 1100 g/mol. The number of hydrogen-bond acceptors (Lipinski definition) is 31. The van der Waals surface area contributed by atoms with Crippen LogP contribution in [-0.2, 0) is 47.4 Å². The SMILES string of the molecule is OCC1O[C@H](O[C@@H]2C(CO)O[C@H](O[C@@H]3C(CO)O[C@H](O[C@@H]4C(CO)O[C@H](O[C@@H]5C(CO)O[C@H](O[C@H](C(O)CO)[C@H](O)C(O)c6nc7ccc(F)cc7[nH]6)[C@@H](O)C5O)[C@@H](O)C4O)[C@@H](O)C3O)[C@@H](O)C2O)[C@@H](O)C(O)[C@@H]1O. The molecule has 0 bridgehead atoms. The van der Waals surface area contributed by atoms with Crippen molar-refractivity contribution in [1.29, 1.82) is 0 Å². The van der Waals surface area contributed by atoms with Crippen molar-refractivity contribution in [3.05, 3.63) is 29.8 Å². The molecule has 12 unspecified atom stereocenters. The lowest BCUT2D eigenvalue weighted by Gasteiger charge is -2.49. The highest BCUT2D eigenvalue weighted by Gasteiger charge is 2.57. The quantitative estimate of drug-likeness (QED) is 0.0585. The van der Waals surface area contributed by atoms with Gasteiger partial charge in [-0.05, 0) is 18.2 Å². The minimum absolute atomic E-state index is 0.117. The summed E-state index contributed by atoms with van der Waals surface area (Å²) in [7, 11) is 0. The Labute approximate surface area is 421 Å². The van der Waals surface area contributed by atoms with Crippen molar-refractivity contribution in [2.75, 3.05) is 39.6 Å². The molecule has 5 saturated heterocycles. The Morgan fingerprint density at radius 1 is 0.480 bits per heavy atom. The van der Waals surface area contributed by atoms with Crippen LogP contribution in [0, 0.1) is 5.82 Å². The Morgan fingerprint density at radius 2 is 0.840 bits per heavy atom. The molecule has 33 heteroatoms.